The van der Waals surface area contributed by atoms with Gasteiger partial charge in [0.25, 0.3) is 0 Å². The Kier molecular flexibility index (Phi) is 3.99. The van der Waals surface area contributed by atoms with Gasteiger partial charge < -0.3 is 5.32 Å². The quantitative estimate of drug-likeness (QED) is 0.633. The average molecular weight is 240 g/mol. The lowest BCUT2D eigenvalue weighted by molar-refractivity contribution is 0.617. The average Bonchev–Trinajstić information content (AvgIpc) is 2.44. The molecule has 4 heteroatoms. The number of halogens is 1. The van der Waals surface area contributed by atoms with E-state index in [0.717, 1.165) is 11.6 Å². The molecule has 1 N–H and O–H groups in total. The first kappa shape index (κ1) is 11.6. The highest BCUT2D eigenvalue weighted by molar-refractivity contribution is 6.29. The number of nitrogens with zero attached hydrogens (tertiary/aromatic N) is 2. The van der Waals surface area contributed by atoms with Gasteiger partial charge in [-0.05, 0) is 19.8 Å². The first-order valence-electron chi connectivity index (χ1n) is 6.02. The Hall–Kier alpha value is -0.830. The fourth-order valence-corrected chi connectivity index (χ4v) is 2.46. The minimum atomic E-state index is 0.517. The van der Waals surface area contributed by atoms with Gasteiger partial charge in [-0.3, -0.25) is 0 Å². The van der Waals surface area contributed by atoms with E-state index in [9.17, 15) is 0 Å². The van der Waals surface area contributed by atoms with Gasteiger partial charge in [-0.15, -0.1) is 0 Å². The maximum Gasteiger partial charge on any atom is 0.134 e. The zero-order valence-electron chi connectivity index (χ0n) is 9.67. The molecule has 0 unspecified atom stereocenters. The van der Waals surface area contributed by atoms with Gasteiger partial charge >= 0.3 is 0 Å². The van der Waals surface area contributed by atoms with Crippen molar-refractivity contribution in [2.75, 3.05) is 5.32 Å². The third-order valence-corrected chi connectivity index (χ3v) is 3.21. The molecule has 3 nitrogen and oxygen atoms in total. The largest absolute Gasteiger partial charge is 0.367 e. The van der Waals surface area contributed by atoms with Crippen molar-refractivity contribution in [3.63, 3.8) is 0 Å². The van der Waals surface area contributed by atoms with Gasteiger partial charge in [0.15, 0.2) is 0 Å². The minimum Gasteiger partial charge on any atom is -0.367 e. The third kappa shape index (κ3) is 3.34. The molecule has 1 saturated carbocycles. The molecule has 88 valence electrons. The topological polar surface area (TPSA) is 37.8 Å². The van der Waals surface area contributed by atoms with E-state index in [4.69, 9.17) is 11.6 Å². The summed E-state index contributed by atoms with van der Waals surface area (Å²) >= 11 is 5.91. The van der Waals surface area contributed by atoms with Gasteiger partial charge in [-0.1, -0.05) is 37.3 Å². The van der Waals surface area contributed by atoms with E-state index in [1.807, 2.05) is 6.92 Å². The first-order chi connectivity index (χ1) is 7.74. The van der Waals surface area contributed by atoms with E-state index in [2.05, 4.69) is 15.3 Å². The Balaban J connectivity index is 2.01. The van der Waals surface area contributed by atoms with Gasteiger partial charge in [0, 0.05) is 12.1 Å². The van der Waals surface area contributed by atoms with Crippen LogP contribution >= 0.6 is 11.6 Å². The van der Waals surface area contributed by atoms with Crippen LogP contribution in [0.15, 0.2) is 6.07 Å². The van der Waals surface area contributed by atoms with Crippen LogP contribution in [0.1, 0.15) is 44.3 Å². The summed E-state index contributed by atoms with van der Waals surface area (Å²) in [6.07, 6.45) is 7.83. The van der Waals surface area contributed by atoms with Crippen molar-refractivity contribution in [3.8, 4) is 0 Å². The van der Waals surface area contributed by atoms with Gasteiger partial charge in [-0.25, -0.2) is 9.97 Å². The summed E-state index contributed by atoms with van der Waals surface area (Å²) in [5.41, 5.74) is 0. The first-order valence-corrected chi connectivity index (χ1v) is 6.39. The fourth-order valence-electron chi connectivity index (χ4n) is 2.24. The Morgan fingerprint density at radius 3 is 2.50 bits per heavy atom. The van der Waals surface area contributed by atoms with Crippen LogP contribution in [0.5, 0.6) is 0 Å². The lowest BCUT2D eigenvalue weighted by Gasteiger charge is -2.16. The van der Waals surface area contributed by atoms with Gasteiger partial charge in [0.1, 0.15) is 16.8 Å². The molecule has 0 aromatic carbocycles. The molecule has 1 aliphatic carbocycles. The van der Waals surface area contributed by atoms with Crippen LogP contribution in [-0.2, 0) is 0 Å². The van der Waals surface area contributed by atoms with Crippen LogP contribution in [0.25, 0.3) is 0 Å². The molecule has 1 aromatic rings. The predicted octanol–water partition coefficient (Wildman–Crippen LogP) is 3.57. The highest BCUT2D eigenvalue weighted by atomic mass is 35.5. The van der Waals surface area contributed by atoms with Crippen molar-refractivity contribution in [2.45, 2.75) is 51.5 Å². The second kappa shape index (κ2) is 5.48. The normalized spacial score (nSPS) is 18.1. The van der Waals surface area contributed by atoms with Crippen LogP contribution in [0.4, 0.5) is 5.82 Å². The molecular formula is C12H18ClN3. The van der Waals surface area contributed by atoms with E-state index in [1.165, 1.54) is 38.5 Å². The molecule has 0 bridgehead atoms. The number of nitrogens with one attached hydrogen (secondary N) is 1. The Morgan fingerprint density at radius 1 is 1.19 bits per heavy atom. The van der Waals surface area contributed by atoms with Crippen molar-refractivity contribution in [1.82, 2.24) is 9.97 Å². The minimum absolute atomic E-state index is 0.517. The molecule has 1 fully saturated rings. The number of hydrogen-bond donors (Lipinski definition) is 1. The van der Waals surface area contributed by atoms with E-state index < -0.39 is 0 Å². The molecule has 0 spiro atoms. The molecule has 1 aromatic heterocycles. The molecule has 1 aliphatic rings. The summed E-state index contributed by atoms with van der Waals surface area (Å²) < 4.78 is 0. The zero-order chi connectivity index (χ0) is 11.4. The Morgan fingerprint density at radius 2 is 1.88 bits per heavy atom. The van der Waals surface area contributed by atoms with Crippen LogP contribution in [0.3, 0.4) is 0 Å². The second-order valence-corrected chi connectivity index (χ2v) is 4.84. The lowest BCUT2D eigenvalue weighted by Crippen LogP contribution is -2.19. The Labute approximate surface area is 102 Å². The zero-order valence-corrected chi connectivity index (χ0v) is 10.4. The van der Waals surface area contributed by atoms with Crippen molar-refractivity contribution in [3.05, 3.63) is 17.0 Å². The number of aryl methyl sites for hydroxylation is 1. The standard InChI is InChI=1S/C12H18ClN3/c1-9-14-11(13)8-12(15-9)16-10-6-4-2-3-5-7-10/h8,10H,2-7H2,1H3,(H,14,15,16). The van der Waals surface area contributed by atoms with Crippen molar-refractivity contribution < 1.29 is 0 Å². The van der Waals surface area contributed by atoms with E-state index in [-0.39, 0.29) is 0 Å². The number of aromatic nitrogens is 2. The van der Waals surface area contributed by atoms with Gasteiger partial charge in [0.2, 0.25) is 0 Å². The summed E-state index contributed by atoms with van der Waals surface area (Å²) in [5, 5.41) is 3.98. The maximum absolute atomic E-state index is 5.91. The van der Waals surface area contributed by atoms with Crippen molar-refractivity contribution in [1.29, 1.82) is 0 Å². The van der Waals surface area contributed by atoms with E-state index in [0.29, 0.717) is 11.2 Å². The van der Waals surface area contributed by atoms with Crippen LogP contribution in [0, 0.1) is 6.92 Å². The molecule has 0 aliphatic heterocycles. The lowest BCUT2D eigenvalue weighted by atomic mass is 10.1. The van der Waals surface area contributed by atoms with Crippen molar-refractivity contribution in [2.24, 2.45) is 0 Å². The molecule has 0 saturated heterocycles. The predicted molar refractivity (Wildman–Crippen MR) is 66.9 cm³/mol. The molecular weight excluding hydrogens is 222 g/mol. The summed E-state index contributed by atoms with van der Waals surface area (Å²) in [4.78, 5) is 8.41. The monoisotopic (exact) mass is 239 g/mol. The summed E-state index contributed by atoms with van der Waals surface area (Å²) in [6, 6.07) is 2.35. The van der Waals surface area contributed by atoms with Crippen LogP contribution < -0.4 is 5.32 Å². The fraction of sp³-hybridized carbons (Fsp3) is 0.667. The molecule has 0 amide bonds. The molecule has 1 heterocycles. The Bertz CT molecular complexity index is 326. The highest BCUT2D eigenvalue weighted by Gasteiger charge is 2.12. The smallest absolute Gasteiger partial charge is 0.134 e. The van der Waals surface area contributed by atoms with Gasteiger partial charge in [-0.2, -0.15) is 0 Å². The molecule has 16 heavy (non-hydrogen) atoms. The van der Waals surface area contributed by atoms with Crippen molar-refractivity contribution >= 4 is 17.4 Å². The SMILES string of the molecule is Cc1nc(Cl)cc(NC2CCCCCC2)n1. The second-order valence-electron chi connectivity index (χ2n) is 4.46. The summed E-state index contributed by atoms with van der Waals surface area (Å²) in [5.74, 6) is 1.59. The maximum atomic E-state index is 5.91. The number of anilines is 1. The molecule has 0 radical (unpaired) electrons. The highest BCUT2D eigenvalue weighted by Crippen LogP contribution is 2.21. The van der Waals surface area contributed by atoms with E-state index in [1.54, 1.807) is 6.07 Å². The van der Waals surface area contributed by atoms with Crippen LogP contribution in [-0.4, -0.2) is 16.0 Å². The summed E-state index contributed by atoms with van der Waals surface area (Å²) in [6.45, 7) is 1.87. The third-order valence-electron chi connectivity index (χ3n) is 3.01. The molecule has 2 rings (SSSR count). The number of rotatable bonds is 2. The van der Waals surface area contributed by atoms with Crippen LogP contribution in [0.2, 0.25) is 5.15 Å². The number of hydrogen-bond acceptors (Lipinski definition) is 3. The van der Waals surface area contributed by atoms with Gasteiger partial charge in [0.05, 0.1) is 0 Å². The van der Waals surface area contributed by atoms with E-state index >= 15 is 0 Å². The molecule has 0 atom stereocenters. The summed E-state index contributed by atoms with van der Waals surface area (Å²) in [7, 11) is 0.